The van der Waals surface area contributed by atoms with E-state index in [9.17, 15) is 4.79 Å². The minimum atomic E-state index is -0.365. The number of thiocarbonyl (C=S) groups is 1. The molecule has 0 aliphatic carbocycles. The van der Waals surface area contributed by atoms with Gasteiger partial charge in [-0.05, 0) is 73.9 Å². The van der Waals surface area contributed by atoms with E-state index in [1.165, 1.54) is 24.9 Å². The van der Waals surface area contributed by atoms with Crippen LogP contribution in [0, 0.1) is 5.92 Å². The third kappa shape index (κ3) is 5.54. The average molecular weight is 533 g/mol. The topological polar surface area (TPSA) is 74.7 Å². The fraction of sp³-hybridized carbons (Fsp3) is 0.414. The number of rotatable bonds is 7. The number of hydrogen-bond donors (Lipinski definition) is 2. The number of piperidine rings is 3. The first-order valence-corrected chi connectivity index (χ1v) is 13.5. The van der Waals surface area contributed by atoms with Gasteiger partial charge in [-0.3, -0.25) is 9.58 Å². The van der Waals surface area contributed by atoms with Crippen LogP contribution >= 0.6 is 12.2 Å². The van der Waals surface area contributed by atoms with Crippen molar-refractivity contribution >= 4 is 34.7 Å². The summed E-state index contributed by atoms with van der Waals surface area (Å²) in [5.74, 6) is 0.749. The molecule has 0 saturated carbocycles. The van der Waals surface area contributed by atoms with E-state index in [0.29, 0.717) is 28.6 Å². The quantitative estimate of drug-likeness (QED) is 0.348. The zero-order valence-electron chi connectivity index (χ0n) is 22.5. The number of hydrogen-bond acceptors (Lipinski definition) is 6. The maximum absolute atomic E-state index is 11.8. The summed E-state index contributed by atoms with van der Waals surface area (Å²) in [5.41, 5.74) is 5.95. The predicted molar refractivity (Wildman–Crippen MR) is 156 cm³/mol. The molecule has 4 heterocycles. The molecular weight excluding hydrogens is 496 g/mol. The van der Waals surface area contributed by atoms with Crippen LogP contribution in [0.25, 0.3) is 11.3 Å². The molecule has 2 aromatic carbocycles. The maximum Gasteiger partial charge on any atom is 0.337 e. The zero-order valence-corrected chi connectivity index (χ0v) is 23.3. The SMILES string of the molecule is COC(=O)c1cccc(NC(=S)NCC2CC3CCN2CC3c2cc(-c3ccc(N(C)C)cc3)nn2C)c1. The molecule has 8 nitrogen and oxygen atoms in total. The van der Waals surface area contributed by atoms with Crippen LogP contribution in [-0.4, -0.2) is 72.6 Å². The number of methoxy groups -OCH3 is 1. The molecule has 3 aromatic rings. The van der Waals surface area contributed by atoms with E-state index in [2.05, 4.69) is 76.6 Å². The molecular formula is C29H36N6O2S. The van der Waals surface area contributed by atoms with E-state index in [1.807, 2.05) is 12.1 Å². The monoisotopic (exact) mass is 532 g/mol. The summed E-state index contributed by atoms with van der Waals surface area (Å²) in [6.07, 6.45) is 2.35. The number of fused-ring (bicyclic) bond motifs is 3. The Morgan fingerprint density at radius 2 is 1.97 bits per heavy atom. The molecule has 6 rings (SSSR count). The Hall–Kier alpha value is -3.43. The van der Waals surface area contributed by atoms with Crippen LogP contribution in [0.4, 0.5) is 11.4 Å². The Labute approximate surface area is 230 Å². The largest absolute Gasteiger partial charge is 0.465 e. The molecule has 200 valence electrons. The lowest BCUT2D eigenvalue weighted by atomic mass is 9.74. The summed E-state index contributed by atoms with van der Waals surface area (Å²) in [6.45, 7) is 2.95. The average Bonchev–Trinajstić information content (AvgIpc) is 3.33. The van der Waals surface area contributed by atoms with Crippen LogP contribution in [0.1, 0.15) is 34.8 Å². The molecule has 3 fully saturated rings. The Balaban J connectivity index is 1.19. The number of carbonyl (C=O) groups is 1. The van der Waals surface area contributed by atoms with Crippen LogP contribution in [0.2, 0.25) is 0 Å². The molecule has 4 atom stereocenters. The highest BCUT2D eigenvalue weighted by molar-refractivity contribution is 7.80. The van der Waals surface area contributed by atoms with Gasteiger partial charge in [-0.2, -0.15) is 5.10 Å². The number of benzene rings is 2. The fourth-order valence-corrected chi connectivity index (χ4v) is 6.01. The first-order chi connectivity index (χ1) is 18.3. The standard InChI is InChI=1S/C29H36N6O2S/c1-33(2)23-10-8-19(9-11-23)26-16-27(34(3)32-26)25-18-35-13-12-20(25)15-24(35)17-30-29(38)31-22-7-5-6-21(14-22)28(36)37-4/h5-11,14,16,20,24-25H,12-13,15,17-18H2,1-4H3,(H2,30,31,38). The summed E-state index contributed by atoms with van der Waals surface area (Å²) in [7, 11) is 7.56. The van der Waals surface area contributed by atoms with Crippen molar-refractivity contribution in [2.45, 2.75) is 24.8 Å². The van der Waals surface area contributed by atoms with Gasteiger partial charge in [-0.15, -0.1) is 0 Å². The summed E-state index contributed by atoms with van der Waals surface area (Å²) < 4.78 is 6.89. The van der Waals surface area contributed by atoms with Gasteiger partial charge in [0, 0.05) is 68.8 Å². The Morgan fingerprint density at radius 1 is 1.18 bits per heavy atom. The molecule has 38 heavy (non-hydrogen) atoms. The summed E-state index contributed by atoms with van der Waals surface area (Å²) >= 11 is 5.55. The number of nitrogens with one attached hydrogen (secondary N) is 2. The molecule has 0 spiro atoms. The second kappa shape index (κ2) is 11.1. The molecule has 0 radical (unpaired) electrons. The Morgan fingerprint density at radius 3 is 2.66 bits per heavy atom. The van der Waals surface area contributed by atoms with Crippen LogP contribution in [-0.2, 0) is 11.8 Å². The lowest BCUT2D eigenvalue weighted by molar-refractivity contribution is 0.0303. The number of aromatic nitrogens is 2. The summed E-state index contributed by atoms with van der Waals surface area (Å²) in [4.78, 5) is 16.5. The normalized spacial score (nSPS) is 22.1. The highest BCUT2D eigenvalue weighted by Gasteiger charge is 2.41. The van der Waals surface area contributed by atoms with Gasteiger partial charge in [0.1, 0.15) is 0 Å². The molecule has 3 aliphatic heterocycles. The molecule has 2 bridgehead atoms. The van der Waals surface area contributed by atoms with Crippen molar-refractivity contribution in [1.29, 1.82) is 0 Å². The lowest BCUT2D eigenvalue weighted by Gasteiger charge is -2.50. The second-order valence-electron chi connectivity index (χ2n) is 10.5. The van der Waals surface area contributed by atoms with Gasteiger partial charge >= 0.3 is 5.97 Å². The molecule has 9 heteroatoms. The molecule has 0 amide bonds. The smallest absolute Gasteiger partial charge is 0.337 e. The third-order valence-electron chi connectivity index (χ3n) is 7.89. The van der Waals surface area contributed by atoms with Crippen molar-refractivity contribution in [2.75, 3.05) is 51.1 Å². The van der Waals surface area contributed by atoms with Crippen LogP contribution in [0.15, 0.2) is 54.6 Å². The number of nitrogens with zero attached hydrogens (tertiary/aromatic N) is 4. The van der Waals surface area contributed by atoms with Gasteiger partial charge in [0.25, 0.3) is 0 Å². The van der Waals surface area contributed by atoms with E-state index >= 15 is 0 Å². The molecule has 2 N–H and O–H groups in total. The van der Waals surface area contributed by atoms with E-state index in [1.54, 1.807) is 12.1 Å². The lowest BCUT2D eigenvalue weighted by Crippen LogP contribution is -2.56. The van der Waals surface area contributed by atoms with Gasteiger partial charge in [-0.25, -0.2) is 4.79 Å². The molecule has 1 aromatic heterocycles. The Kier molecular flexibility index (Phi) is 7.67. The molecule has 3 aliphatic rings. The molecule has 3 saturated heterocycles. The van der Waals surface area contributed by atoms with Crippen LogP contribution in [0.5, 0.6) is 0 Å². The number of carbonyl (C=O) groups excluding carboxylic acids is 1. The maximum atomic E-state index is 11.8. The minimum Gasteiger partial charge on any atom is -0.465 e. The van der Waals surface area contributed by atoms with Crippen molar-refractivity contribution in [2.24, 2.45) is 13.0 Å². The van der Waals surface area contributed by atoms with Gasteiger partial charge in [0.15, 0.2) is 5.11 Å². The van der Waals surface area contributed by atoms with Crippen molar-refractivity contribution in [3.8, 4) is 11.3 Å². The van der Waals surface area contributed by atoms with Crippen molar-refractivity contribution in [1.82, 2.24) is 20.0 Å². The van der Waals surface area contributed by atoms with E-state index in [-0.39, 0.29) is 5.97 Å². The van der Waals surface area contributed by atoms with Crippen molar-refractivity contribution in [3.05, 3.63) is 65.9 Å². The fourth-order valence-electron chi connectivity index (χ4n) is 5.81. The van der Waals surface area contributed by atoms with E-state index in [0.717, 1.165) is 43.0 Å². The highest BCUT2D eigenvalue weighted by Crippen LogP contribution is 2.42. The Bertz CT molecular complexity index is 1300. The second-order valence-corrected chi connectivity index (χ2v) is 10.9. The third-order valence-corrected chi connectivity index (χ3v) is 8.14. The number of ether oxygens (including phenoxy) is 1. The van der Waals surface area contributed by atoms with Gasteiger partial charge < -0.3 is 20.3 Å². The van der Waals surface area contributed by atoms with Gasteiger partial charge in [0.05, 0.1) is 18.4 Å². The first-order valence-electron chi connectivity index (χ1n) is 13.1. The number of aryl methyl sites for hydroxylation is 1. The summed E-state index contributed by atoms with van der Waals surface area (Å²) in [5, 5.41) is 12.0. The zero-order chi connectivity index (χ0) is 26.8. The highest BCUT2D eigenvalue weighted by atomic mass is 32.1. The predicted octanol–water partition coefficient (Wildman–Crippen LogP) is 4.10. The number of esters is 1. The van der Waals surface area contributed by atoms with Crippen LogP contribution in [0.3, 0.4) is 0 Å². The molecule has 4 unspecified atom stereocenters. The van der Waals surface area contributed by atoms with Crippen LogP contribution < -0.4 is 15.5 Å². The van der Waals surface area contributed by atoms with Crippen molar-refractivity contribution in [3.63, 3.8) is 0 Å². The van der Waals surface area contributed by atoms with Crippen molar-refractivity contribution < 1.29 is 9.53 Å². The van der Waals surface area contributed by atoms with E-state index in [4.69, 9.17) is 22.1 Å². The van der Waals surface area contributed by atoms with Gasteiger partial charge in [-0.1, -0.05) is 18.2 Å². The minimum absolute atomic E-state index is 0.365. The first kappa shape index (κ1) is 26.2. The van der Waals surface area contributed by atoms with E-state index < -0.39 is 0 Å². The number of anilines is 2. The van der Waals surface area contributed by atoms with Gasteiger partial charge in [0.2, 0.25) is 0 Å². The summed E-state index contributed by atoms with van der Waals surface area (Å²) in [6, 6.07) is 18.5.